The van der Waals surface area contributed by atoms with Crippen LogP contribution in [-0.2, 0) is 28.4 Å². The molecule has 2 unspecified atom stereocenters. The average molecular weight is 1160 g/mol. The van der Waals surface area contributed by atoms with Crippen molar-refractivity contribution in [3.8, 4) is 44.5 Å². The third-order valence-electron chi connectivity index (χ3n) is 18.2. The number of halogens is 2. The van der Waals surface area contributed by atoms with Crippen LogP contribution in [0.25, 0.3) is 99.7 Å². The van der Waals surface area contributed by atoms with Crippen LogP contribution in [0.3, 0.4) is 0 Å². The molecule has 0 fully saturated rings. The van der Waals surface area contributed by atoms with Crippen molar-refractivity contribution in [2.75, 3.05) is 0 Å². The average Bonchev–Trinajstić information content (AvgIpc) is 2.77. The van der Waals surface area contributed by atoms with Gasteiger partial charge in [-0.05, 0) is 0 Å². The molecule has 12 aromatic carbocycles. The van der Waals surface area contributed by atoms with Crippen LogP contribution in [0, 0.1) is 0 Å². The first-order chi connectivity index (χ1) is 39.2. The van der Waals surface area contributed by atoms with E-state index >= 15 is 0 Å². The number of hydrogen-bond acceptors (Lipinski definition) is 0. The van der Waals surface area contributed by atoms with Crippen LogP contribution in [0.15, 0.2) is 266 Å². The predicted molar refractivity (Wildman–Crippen MR) is 346 cm³/mol. The molecular weight excluding hydrogens is 1100 g/mol. The molecular formula is C76H61Cl2SiZr. The van der Waals surface area contributed by atoms with Gasteiger partial charge >= 0.3 is 484 Å². The summed E-state index contributed by atoms with van der Waals surface area (Å²) < 4.78 is -0.404. The molecule has 0 saturated carbocycles. The molecule has 2 atom stereocenters. The maximum absolute atomic E-state index is 9.85. The van der Waals surface area contributed by atoms with Crippen LogP contribution in [0.5, 0.6) is 0 Å². The molecule has 0 radical (unpaired) electrons. The summed E-state index contributed by atoms with van der Waals surface area (Å²) in [6, 6.07) is 94.6. The zero-order chi connectivity index (χ0) is 54.0. The molecule has 14 rings (SSSR count). The Balaban J connectivity index is 1.11. The van der Waals surface area contributed by atoms with Crippen molar-refractivity contribution in [3.05, 3.63) is 299 Å². The molecule has 12 aromatic rings. The predicted octanol–water partition coefficient (Wildman–Crippen LogP) is 21.8. The fraction of sp³-hybridized carbons (Fsp3) is 0.105. The first-order valence-electron chi connectivity index (χ1n) is 28.6. The Morgan fingerprint density at radius 3 is 0.925 bits per heavy atom. The van der Waals surface area contributed by atoms with Gasteiger partial charge in [-0.1, -0.05) is 0 Å². The number of allylic oxidation sites excluding steroid dienone is 2. The Morgan fingerprint density at radius 2 is 0.588 bits per heavy atom. The van der Waals surface area contributed by atoms with Crippen molar-refractivity contribution >= 4 is 78.2 Å². The van der Waals surface area contributed by atoms with E-state index in [0.717, 1.165) is 25.7 Å². The van der Waals surface area contributed by atoms with E-state index in [1.807, 2.05) is 0 Å². The monoisotopic (exact) mass is 1160 g/mol. The Kier molecular flexibility index (Phi) is 13.2. The molecule has 0 saturated heterocycles. The van der Waals surface area contributed by atoms with Gasteiger partial charge in [0.05, 0.1) is 0 Å². The number of rotatable bonds is 13. The molecule has 0 bridgehead atoms. The van der Waals surface area contributed by atoms with E-state index in [-0.39, 0.29) is 7.25 Å². The molecule has 0 amide bonds. The van der Waals surface area contributed by atoms with Gasteiger partial charge in [0.1, 0.15) is 0 Å². The summed E-state index contributed by atoms with van der Waals surface area (Å²) in [6.07, 6.45) is 8.65. The van der Waals surface area contributed by atoms with Crippen molar-refractivity contribution in [2.45, 2.75) is 46.0 Å². The van der Waals surface area contributed by atoms with Gasteiger partial charge in [-0.2, -0.15) is 0 Å². The van der Waals surface area contributed by atoms with Gasteiger partial charge in [-0.25, -0.2) is 0 Å². The van der Waals surface area contributed by atoms with Gasteiger partial charge in [0.2, 0.25) is 0 Å². The summed E-state index contributed by atoms with van der Waals surface area (Å²) in [5.74, 6) is -2.14. The van der Waals surface area contributed by atoms with Crippen molar-refractivity contribution in [2.24, 2.45) is 0 Å². The Labute approximate surface area is 479 Å². The molecule has 0 spiro atoms. The van der Waals surface area contributed by atoms with Crippen LogP contribution >= 0.6 is 17.0 Å². The fourth-order valence-corrected chi connectivity index (χ4v) is 45.5. The number of benzene rings is 12. The van der Waals surface area contributed by atoms with Crippen molar-refractivity contribution < 1.29 is 15.6 Å². The van der Waals surface area contributed by atoms with E-state index in [0.29, 0.717) is 0 Å². The second kappa shape index (κ2) is 20.7. The molecule has 2 aliphatic rings. The quantitative estimate of drug-likeness (QED) is 0.101. The van der Waals surface area contributed by atoms with Crippen molar-refractivity contribution in [1.29, 1.82) is 0 Å². The minimum atomic E-state index is -5.78. The summed E-state index contributed by atoms with van der Waals surface area (Å²) in [7, 11) is 19.7. The topological polar surface area (TPSA) is 0 Å². The van der Waals surface area contributed by atoms with Crippen LogP contribution in [-0.4, -0.2) is 5.92 Å². The van der Waals surface area contributed by atoms with E-state index < -0.39 is 21.5 Å². The minimum absolute atomic E-state index is 0.202. The molecule has 0 aliphatic heterocycles. The Morgan fingerprint density at radius 1 is 0.300 bits per heavy atom. The zero-order valence-electron chi connectivity index (χ0n) is 45.2. The SMILES string of the molecule is C[SiH](C)[Zr]([Cl])([Cl])([CH]1C(CCc2ccccc2)=Cc2c(-c3cccc4ccccc34)ccc(-c3cccc4ccccc34)c21)[CH]1C(CCc2ccccc2)=Cc2c(-c3cccc4ccccc34)ccc(-c3cccc4ccccc34)c21. The van der Waals surface area contributed by atoms with Gasteiger partial charge in [-0.3, -0.25) is 0 Å². The normalized spacial score (nSPS) is 15.5. The third kappa shape index (κ3) is 8.57. The fourth-order valence-electron chi connectivity index (χ4n) is 14.3. The number of fused-ring (bicyclic) bond motifs is 6. The van der Waals surface area contributed by atoms with Gasteiger partial charge in [-0.15, -0.1) is 0 Å². The second-order valence-corrected chi connectivity index (χ2v) is 65.2. The van der Waals surface area contributed by atoms with Gasteiger partial charge < -0.3 is 0 Å². The Hall–Kier alpha value is -7.16. The summed E-state index contributed by atoms with van der Waals surface area (Å²) in [5, 5.41) is 9.86. The standard InChI is InChI=1S/2C37H27.C2H7Si.2ClH.Zr/c2*1-2-10-26(11-3-1)20-21-27-24-36-34(32-18-8-14-28-12-4-6-16-30(28)32)22-23-35(37(36)25-27)33-19-9-15-29-13-5-7-17-31(29)33;1-3-2;;;/h2*1-19,22-25H,20-21H2;3H,1-2H3;2*1H;/q;;;;;+2/p-2. The van der Waals surface area contributed by atoms with Gasteiger partial charge in [0.15, 0.2) is 0 Å². The first kappa shape index (κ1) is 51.0. The molecule has 387 valence electrons. The van der Waals surface area contributed by atoms with Gasteiger partial charge in [0.25, 0.3) is 0 Å². The maximum atomic E-state index is 9.85. The van der Waals surface area contributed by atoms with E-state index in [1.54, 1.807) is 0 Å². The van der Waals surface area contributed by atoms with Crippen molar-refractivity contribution in [3.63, 3.8) is 0 Å². The molecule has 2 aliphatic carbocycles. The van der Waals surface area contributed by atoms with Crippen LogP contribution in [0.4, 0.5) is 0 Å². The molecule has 4 heteroatoms. The second-order valence-electron chi connectivity index (χ2n) is 22.7. The third-order valence-corrected chi connectivity index (χ3v) is 69.9. The summed E-state index contributed by atoms with van der Waals surface area (Å²) in [4.78, 5) is 0. The van der Waals surface area contributed by atoms with E-state index in [2.05, 4.69) is 280 Å². The van der Waals surface area contributed by atoms with E-state index in [9.17, 15) is 17.0 Å². The number of aryl methyl sites for hydroxylation is 2. The molecule has 0 nitrogen and oxygen atoms in total. The summed E-state index contributed by atoms with van der Waals surface area (Å²) in [5.41, 5.74) is 20.4. The molecule has 0 aromatic heterocycles. The number of hydrogen-bond donors (Lipinski definition) is 0. The van der Waals surface area contributed by atoms with Crippen LogP contribution < -0.4 is 0 Å². The molecule has 80 heavy (non-hydrogen) atoms. The van der Waals surface area contributed by atoms with Gasteiger partial charge in [0, 0.05) is 0 Å². The van der Waals surface area contributed by atoms with E-state index in [1.165, 1.54) is 132 Å². The molecule has 0 heterocycles. The van der Waals surface area contributed by atoms with Crippen molar-refractivity contribution in [1.82, 2.24) is 0 Å². The zero-order valence-corrected chi connectivity index (χ0v) is 50.3. The van der Waals surface area contributed by atoms with Crippen LogP contribution in [0.2, 0.25) is 13.1 Å². The van der Waals surface area contributed by atoms with E-state index in [4.69, 9.17) is 0 Å². The molecule has 0 N–H and O–H groups in total. The first-order valence-corrected chi connectivity index (χ1v) is 44.9. The Bertz CT molecular complexity index is 4160. The summed E-state index contributed by atoms with van der Waals surface area (Å²) in [6.45, 7) is 5.06. The summed E-state index contributed by atoms with van der Waals surface area (Å²) >= 11 is -5.78. The van der Waals surface area contributed by atoms with Crippen LogP contribution in [0.1, 0.15) is 53.5 Å².